The highest BCUT2D eigenvalue weighted by molar-refractivity contribution is 8.27. The molecule has 30 heavy (non-hydrogen) atoms. The highest BCUT2D eigenvalue weighted by Crippen LogP contribution is 2.33. The van der Waals surface area contributed by atoms with Crippen molar-refractivity contribution < 1.29 is 9.47 Å². The highest BCUT2D eigenvalue weighted by atomic mass is 32.2. The van der Waals surface area contributed by atoms with Crippen LogP contribution in [-0.2, 0) is 13.2 Å². The van der Waals surface area contributed by atoms with Crippen molar-refractivity contribution in [3.05, 3.63) is 100 Å². The van der Waals surface area contributed by atoms with Crippen LogP contribution in [0.1, 0.15) is 16.7 Å². The van der Waals surface area contributed by atoms with Crippen molar-refractivity contribution in [2.24, 2.45) is 0 Å². The Morgan fingerprint density at radius 3 is 1.93 bits per heavy atom. The lowest BCUT2D eigenvalue weighted by molar-refractivity contribution is 0.256. The average Bonchev–Trinajstić information content (AvgIpc) is 3.09. The fourth-order valence-electron chi connectivity index (χ4n) is 2.89. The van der Waals surface area contributed by atoms with Gasteiger partial charge in [-0.1, -0.05) is 103 Å². The van der Waals surface area contributed by atoms with E-state index in [9.17, 15) is 0 Å². The molecule has 0 saturated carbocycles. The lowest BCUT2D eigenvalue weighted by Gasteiger charge is -2.14. The molecule has 0 aliphatic carbocycles. The van der Waals surface area contributed by atoms with Crippen LogP contribution in [0.4, 0.5) is 0 Å². The van der Waals surface area contributed by atoms with Crippen LogP contribution in [0.2, 0.25) is 0 Å². The van der Waals surface area contributed by atoms with Gasteiger partial charge in [0.05, 0.1) is 0 Å². The average molecular weight is 450 g/mol. The van der Waals surface area contributed by atoms with Crippen molar-refractivity contribution in [2.45, 2.75) is 13.2 Å². The van der Waals surface area contributed by atoms with E-state index in [2.05, 4.69) is 5.32 Å². The predicted molar refractivity (Wildman–Crippen MR) is 132 cm³/mol. The summed E-state index contributed by atoms with van der Waals surface area (Å²) < 4.78 is 12.9. The van der Waals surface area contributed by atoms with Gasteiger partial charge < -0.3 is 14.8 Å². The number of thioether (sulfide) groups is 1. The SMILES string of the molecule is S=C1NC(=S)/C(=C/c2ccc(OCc3ccccc3)c(OCc3ccccc3)c2)S1. The second kappa shape index (κ2) is 9.89. The molecule has 0 radical (unpaired) electrons. The van der Waals surface area contributed by atoms with Crippen molar-refractivity contribution >= 4 is 51.6 Å². The molecule has 0 spiro atoms. The summed E-state index contributed by atoms with van der Waals surface area (Å²) in [6.07, 6.45) is 2.01. The Labute approximate surface area is 191 Å². The lowest BCUT2D eigenvalue weighted by Crippen LogP contribution is -2.15. The van der Waals surface area contributed by atoms with Gasteiger partial charge in [-0.05, 0) is 34.9 Å². The number of hydrogen-bond donors (Lipinski definition) is 1. The van der Waals surface area contributed by atoms with Crippen molar-refractivity contribution in [1.82, 2.24) is 5.32 Å². The van der Waals surface area contributed by atoms with E-state index in [4.69, 9.17) is 33.9 Å². The van der Waals surface area contributed by atoms with Gasteiger partial charge in [-0.2, -0.15) is 0 Å². The number of rotatable bonds is 7. The maximum absolute atomic E-state index is 6.13. The molecular formula is C24H19NO2S3. The van der Waals surface area contributed by atoms with Crippen molar-refractivity contribution in [1.29, 1.82) is 0 Å². The van der Waals surface area contributed by atoms with Crippen LogP contribution in [0, 0.1) is 0 Å². The number of nitrogens with one attached hydrogen (secondary N) is 1. The Kier molecular flexibility index (Phi) is 6.79. The molecule has 0 atom stereocenters. The topological polar surface area (TPSA) is 30.5 Å². The van der Waals surface area contributed by atoms with E-state index >= 15 is 0 Å². The van der Waals surface area contributed by atoms with Gasteiger partial charge in [-0.3, -0.25) is 0 Å². The predicted octanol–water partition coefficient (Wildman–Crippen LogP) is 6.13. The second-order valence-corrected chi connectivity index (χ2v) is 8.73. The number of benzene rings is 3. The minimum atomic E-state index is 0.460. The summed E-state index contributed by atoms with van der Waals surface area (Å²) in [5.41, 5.74) is 3.17. The Bertz CT molecular complexity index is 1080. The van der Waals surface area contributed by atoms with Crippen LogP contribution in [0.5, 0.6) is 11.5 Å². The highest BCUT2D eigenvalue weighted by Gasteiger charge is 2.18. The number of thiocarbonyl (C=S) groups is 2. The largest absolute Gasteiger partial charge is 0.485 e. The minimum Gasteiger partial charge on any atom is -0.485 e. The van der Waals surface area contributed by atoms with Crippen LogP contribution in [0.15, 0.2) is 83.8 Å². The molecule has 150 valence electrons. The van der Waals surface area contributed by atoms with E-state index in [1.54, 1.807) is 0 Å². The first-order valence-electron chi connectivity index (χ1n) is 9.40. The quantitative estimate of drug-likeness (QED) is 0.345. The standard InChI is InChI=1S/C24H19NO2S3/c28-23-22(30-24(29)25-23)14-19-11-12-20(26-15-17-7-3-1-4-8-17)21(13-19)27-16-18-9-5-2-6-10-18/h1-14H,15-16H2,(H,25,28,29)/b22-14-. The van der Waals surface area contributed by atoms with Crippen LogP contribution >= 0.6 is 36.2 Å². The fraction of sp³-hybridized carbons (Fsp3) is 0.0833. The fourth-order valence-corrected chi connectivity index (χ4v) is 4.37. The van der Waals surface area contributed by atoms with Gasteiger partial charge in [-0.15, -0.1) is 0 Å². The van der Waals surface area contributed by atoms with Crippen LogP contribution in [0.3, 0.4) is 0 Å². The van der Waals surface area contributed by atoms with Crippen molar-refractivity contribution in [3.8, 4) is 11.5 Å². The molecule has 0 aromatic heterocycles. The molecule has 1 N–H and O–H groups in total. The Morgan fingerprint density at radius 1 is 0.767 bits per heavy atom. The summed E-state index contributed by atoms with van der Waals surface area (Å²) >= 11 is 12.0. The summed E-state index contributed by atoms with van der Waals surface area (Å²) in [5.74, 6) is 1.39. The summed E-state index contributed by atoms with van der Waals surface area (Å²) in [6, 6.07) is 26.0. The second-order valence-electron chi connectivity index (χ2n) is 6.61. The van der Waals surface area contributed by atoms with Gasteiger partial charge in [0.15, 0.2) is 11.5 Å². The molecule has 3 nitrogen and oxygen atoms in total. The van der Waals surface area contributed by atoms with Gasteiger partial charge in [0.25, 0.3) is 0 Å². The van der Waals surface area contributed by atoms with E-state index < -0.39 is 0 Å². The third-order valence-corrected chi connectivity index (χ3v) is 6.01. The molecule has 3 aromatic carbocycles. The molecule has 0 bridgehead atoms. The van der Waals surface area contributed by atoms with Crippen LogP contribution < -0.4 is 14.8 Å². The van der Waals surface area contributed by atoms with E-state index in [1.165, 1.54) is 11.8 Å². The van der Waals surface area contributed by atoms with Crippen molar-refractivity contribution in [3.63, 3.8) is 0 Å². The third-order valence-electron chi connectivity index (χ3n) is 4.38. The van der Waals surface area contributed by atoms with Gasteiger partial charge in [0.1, 0.15) is 22.5 Å². The number of hydrogen-bond acceptors (Lipinski definition) is 5. The first-order chi connectivity index (χ1) is 14.7. The molecule has 0 unspecified atom stereocenters. The van der Waals surface area contributed by atoms with E-state index in [1.807, 2.05) is 84.9 Å². The zero-order valence-electron chi connectivity index (χ0n) is 16.0. The smallest absolute Gasteiger partial charge is 0.162 e. The lowest BCUT2D eigenvalue weighted by atomic mass is 10.1. The monoisotopic (exact) mass is 449 g/mol. The first-order valence-corrected chi connectivity index (χ1v) is 11.0. The summed E-state index contributed by atoms with van der Waals surface area (Å²) in [5, 5.41) is 3.00. The molecule has 4 rings (SSSR count). The molecule has 1 aliphatic rings. The zero-order chi connectivity index (χ0) is 20.8. The van der Waals surface area contributed by atoms with Crippen LogP contribution in [-0.4, -0.2) is 9.31 Å². The summed E-state index contributed by atoms with van der Waals surface area (Å²) in [4.78, 5) is 1.59. The Balaban J connectivity index is 1.57. The molecule has 0 amide bonds. The van der Waals surface area contributed by atoms with Gasteiger partial charge >= 0.3 is 0 Å². The first kappa shape index (κ1) is 20.6. The molecule has 1 heterocycles. The normalized spacial score (nSPS) is 14.6. The maximum atomic E-state index is 6.13. The van der Waals surface area contributed by atoms with Crippen LogP contribution in [0.25, 0.3) is 6.08 Å². The molecule has 6 heteroatoms. The zero-order valence-corrected chi connectivity index (χ0v) is 18.5. The van der Waals surface area contributed by atoms with Crippen molar-refractivity contribution in [2.75, 3.05) is 0 Å². The van der Waals surface area contributed by atoms with Gasteiger partial charge in [0, 0.05) is 4.91 Å². The maximum Gasteiger partial charge on any atom is 0.162 e. The summed E-state index contributed by atoms with van der Waals surface area (Å²) in [6.45, 7) is 0.933. The molecule has 3 aromatic rings. The Morgan fingerprint density at radius 2 is 1.37 bits per heavy atom. The Hall–Kier alpha value is -2.67. The van der Waals surface area contributed by atoms with E-state index in [0.29, 0.717) is 34.0 Å². The van der Waals surface area contributed by atoms with Gasteiger partial charge in [0.2, 0.25) is 0 Å². The summed E-state index contributed by atoms with van der Waals surface area (Å²) in [7, 11) is 0. The molecule has 1 saturated heterocycles. The molecule has 1 fully saturated rings. The van der Waals surface area contributed by atoms with E-state index in [-0.39, 0.29) is 0 Å². The molecular weight excluding hydrogens is 430 g/mol. The third kappa shape index (κ3) is 5.48. The van der Waals surface area contributed by atoms with E-state index in [0.717, 1.165) is 21.6 Å². The minimum absolute atomic E-state index is 0.460. The van der Waals surface area contributed by atoms with Gasteiger partial charge in [-0.25, -0.2) is 0 Å². The number of ether oxygens (including phenoxy) is 2. The molecule has 1 aliphatic heterocycles.